The maximum absolute atomic E-state index is 9.51. The van der Waals surface area contributed by atoms with Crippen LogP contribution in [0.5, 0.6) is 0 Å². The molecule has 3 nitrogen and oxygen atoms in total. The third-order valence-electron chi connectivity index (χ3n) is 5.19. The van der Waals surface area contributed by atoms with Crippen molar-refractivity contribution < 1.29 is 4.74 Å². The maximum Gasteiger partial charge on any atom is 0.0998 e. The molecule has 2 aromatic rings. The molecule has 4 rings (SSSR count). The van der Waals surface area contributed by atoms with Gasteiger partial charge in [0, 0.05) is 12.6 Å². The highest BCUT2D eigenvalue weighted by Crippen LogP contribution is 2.34. The van der Waals surface area contributed by atoms with E-state index in [1.54, 1.807) is 0 Å². The second-order valence-corrected chi connectivity index (χ2v) is 6.97. The summed E-state index contributed by atoms with van der Waals surface area (Å²) in [5.74, 6) is 0. The van der Waals surface area contributed by atoms with Gasteiger partial charge in [0.1, 0.15) is 0 Å². The number of benzene rings is 2. The summed E-state index contributed by atoms with van der Waals surface area (Å²) < 4.78 is 5.81. The molecule has 25 heavy (non-hydrogen) atoms. The monoisotopic (exact) mass is 330 g/mol. The number of aryl methyl sites for hydroxylation is 1. The van der Waals surface area contributed by atoms with Crippen LogP contribution in [0.2, 0.25) is 0 Å². The van der Waals surface area contributed by atoms with Crippen LogP contribution in [-0.2, 0) is 11.3 Å². The molecule has 0 aliphatic carbocycles. The number of morpholine rings is 1. The van der Waals surface area contributed by atoms with Crippen LogP contribution in [0.1, 0.15) is 28.7 Å². The number of nitriles is 1. The van der Waals surface area contributed by atoms with E-state index in [1.165, 1.54) is 11.1 Å². The average Bonchev–Trinajstić information content (AvgIpc) is 2.62. The highest BCUT2D eigenvalue weighted by atomic mass is 16.5. The lowest BCUT2D eigenvalue weighted by molar-refractivity contribution is -0.0402. The molecule has 1 saturated heterocycles. The molecule has 2 aromatic carbocycles. The standard InChI is InChI=1S/C22H22N2O/c1-16-7-8-22(19(9-16)12-23)18-10-20-14-25-15-21(11-18)24(20)13-17-5-3-2-4-6-17/h2-10,20-21H,11,13-15H2,1H3. The molecular weight excluding hydrogens is 308 g/mol. The Kier molecular flexibility index (Phi) is 4.40. The molecule has 126 valence electrons. The Bertz CT molecular complexity index is 835. The van der Waals surface area contributed by atoms with Crippen molar-refractivity contribution in [2.75, 3.05) is 13.2 Å². The van der Waals surface area contributed by atoms with E-state index in [1.807, 2.05) is 13.0 Å². The quantitative estimate of drug-likeness (QED) is 0.856. The van der Waals surface area contributed by atoms with Crippen LogP contribution in [-0.4, -0.2) is 30.2 Å². The summed E-state index contributed by atoms with van der Waals surface area (Å²) in [5.41, 5.74) is 5.63. The second-order valence-electron chi connectivity index (χ2n) is 6.97. The topological polar surface area (TPSA) is 36.3 Å². The van der Waals surface area contributed by atoms with Crippen LogP contribution in [0.4, 0.5) is 0 Å². The summed E-state index contributed by atoms with van der Waals surface area (Å²) in [4.78, 5) is 2.54. The summed E-state index contributed by atoms with van der Waals surface area (Å²) in [5, 5.41) is 9.51. The molecule has 0 aromatic heterocycles. The zero-order chi connectivity index (χ0) is 17.2. The number of nitrogens with zero attached hydrogens (tertiary/aromatic N) is 2. The van der Waals surface area contributed by atoms with Gasteiger partial charge in [-0.2, -0.15) is 5.26 Å². The predicted molar refractivity (Wildman–Crippen MR) is 98.9 cm³/mol. The normalized spacial score (nSPS) is 23.0. The lowest BCUT2D eigenvalue weighted by Gasteiger charge is -2.45. The van der Waals surface area contributed by atoms with Crippen molar-refractivity contribution in [3.63, 3.8) is 0 Å². The Morgan fingerprint density at radius 3 is 2.76 bits per heavy atom. The van der Waals surface area contributed by atoms with Crippen LogP contribution in [0.15, 0.2) is 54.6 Å². The smallest absolute Gasteiger partial charge is 0.0998 e. The van der Waals surface area contributed by atoms with Crippen LogP contribution >= 0.6 is 0 Å². The predicted octanol–water partition coefficient (Wildman–Crippen LogP) is 3.92. The van der Waals surface area contributed by atoms with Gasteiger partial charge in [-0.3, -0.25) is 4.90 Å². The third-order valence-corrected chi connectivity index (χ3v) is 5.19. The highest BCUT2D eigenvalue weighted by Gasteiger charge is 2.35. The Morgan fingerprint density at radius 2 is 2.00 bits per heavy atom. The van der Waals surface area contributed by atoms with Crippen LogP contribution in [0.3, 0.4) is 0 Å². The number of fused-ring (bicyclic) bond motifs is 2. The van der Waals surface area contributed by atoms with E-state index in [4.69, 9.17) is 4.74 Å². The fraction of sp³-hybridized carbons (Fsp3) is 0.318. The van der Waals surface area contributed by atoms with E-state index in [2.05, 4.69) is 59.5 Å². The fourth-order valence-electron chi connectivity index (χ4n) is 3.93. The minimum atomic E-state index is 0.274. The zero-order valence-electron chi connectivity index (χ0n) is 14.5. The number of rotatable bonds is 3. The molecule has 3 heteroatoms. The van der Waals surface area contributed by atoms with Gasteiger partial charge in [-0.1, -0.05) is 48.5 Å². The van der Waals surface area contributed by atoms with Crippen LogP contribution < -0.4 is 0 Å². The second kappa shape index (κ2) is 6.84. The summed E-state index contributed by atoms with van der Waals surface area (Å²) >= 11 is 0. The van der Waals surface area contributed by atoms with Crippen molar-refractivity contribution >= 4 is 5.57 Å². The van der Waals surface area contributed by atoms with Gasteiger partial charge < -0.3 is 4.74 Å². The van der Waals surface area contributed by atoms with Gasteiger partial charge in [-0.25, -0.2) is 0 Å². The Balaban J connectivity index is 1.65. The van der Waals surface area contributed by atoms with Crippen molar-refractivity contribution in [2.45, 2.75) is 32.0 Å². The minimum Gasteiger partial charge on any atom is -0.378 e. The van der Waals surface area contributed by atoms with E-state index in [9.17, 15) is 5.26 Å². The molecular formula is C22H22N2O. The fourth-order valence-corrected chi connectivity index (χ4v) is 3.93. The first-order valence-electron chi connectivity index (χ1n) is 8.84. The van der Waals surface area contributed by atoms with Gasteiger partial charge in [0.25, 0.3) is 0 Å². The molecule has 0 radical (unpaired) electrons. The van der Waals surface area contributed by atoms with Gasteiger partial charge in [-0.05, 0) is 41.7 Å². The van der Waals surface area contributed by atoms with E-state index in [-0.39, 0.29) is 6.04 Å². The van der Waals surface area contributed by atoms with Crippen molar-refractivity contribution in [1.29, 1.82) is 5.26 Å². The molecule has 0 N–H and O–H groups in total. The highest BCUT2D eigenvalue weighted by molar-refractivity contribution is 5.72. The number of hydrogen-bond donors (Lipinski definition) is 0. The van der Waals surface area contributed by atoms with Crippen LogP contribution in [0.25, 0.3) is 5.57 Å². The maximum atomic E-state index is 9.51. The van der Waals surface area contributed by atoms with E-state index in [0.717, 1.165) is 42.9 Å². The molecule has 0 spiro atoms. The SMILES string of the molecule is Cc1ccc(C2=CC3COCC(C2)N3Cc2ccccc2)c(C#N)c1. The summed E-state index contributed by atoms with van der Waals surface area (Å²) in [6, 6.07) is 19.8. The first kappa shape index (κ1) is 16.1. The average molecular weight is 330 g/mol. The van der Waals surface area contributed by atoms with E-state index >= 15 is 0 Å². The molecule has 2 unspecified atom stereocenters. The van der Waals surface area contributed by atoms with Gasteiger partial charge in [0.2, 0.25) is 0 Å². The lowest BCUT2D eigenvalue weighted by atomic mass is 9.87. The molecule has 2 aliphatic heterocycles. The van der Waals surface area contributed by atoms with Gasteiger partial charge in [0.15, 0.2) is 0 Å². The van der Waals surface area contributed by atoms with E-state index < -0.39 is 0 Å². The van der Waals surface area contributed by atoms with Gasteiger partial charge in [-0.15, -0.1) is 0 Å². The zero-order valence-corrected chi connectivity index (χ0v) is 14.5. The van der Waals surface area contributed by atoms with Crippen LogP contribution in [0, 0.1) is 18.3 Å². The Morgan fingerprint density at radius 1 is 1.16 bits per heavy atom. The van der Waals surface area contributed by atoms with Crippen molar-refractivity contribution in [3.8, 4) is 6.07 Å². The molecule has 0 saturated carbocycles. The van der Waals surface area contributed by atoms with E-state index in [0.29, 0.717) is 6.04 Å². The van der Waals surface area contributed by atoms with Gasteiger partial charge >= 0.3 is 0 Å². The first-order valence-corrected chi connectivity index (χ1v) is 8.84. The Labute approximate surface area is 149 Å². The molecule has 2 atom stereocenters. The molecule has 2 bridgehead atoms. The number of hydrogen-bond acceptors (Lipinski definition) is 3. The molecule has 2 aliphatic rings. The summed E-state index contributed by atoms with van der Waals surface area (Å²) in [6.45, 7) is 4.46. The van der Waals surface area contributed by atoms with Gasteiger partial charge in [0.05, 0.1) is 30.9 Å². The molecule has 2 heterocycles. The third kappa shape index (κ3) is 3.24. The van der Waals surface area contributed by atoms with Crippen molar-refractivity contribution in [1.82, 2.24) is 4.90 Å². The first-order chi connectivity index (χ1) is 12.2. The molecule has 1 fully saturated rings. The molecule has 0 amide bonds. The van der Waals surface area contributed by atoms with Crippen molar-refractivity contribution in [3.05, 3.63) is 76.9 Å². The number of ether oxygens (including phenoxy) is 1. The van der Waals surface area contributed by atoms with Crippen molar-refractivity contribution in [2.24, 2.45) is 0 Å². The largest absolute Gasteiger partial charge is 0.378 e. The lowest BCUT2D eigenvalue weighted by Crippen LogP contribution is -2.53. The summed E-state index contributed by atoms with van der Waals surface area (Å²) in [6.07, 6.45) is 3.24. The minimum absolute atomic E-state index is 0.274. The Hall–Kier alpha value is -2.41. The summed E-state index contributed by atoms with van der Waals surface area (Å²) in [7, 11) is 0.